The first-order valence-electron chi connectivity index (χ1n) is 21.2. The number of carbonyl (C=O) groups is 2. The number of rotatable bonds is 39. The van der Waals surface area contributed by atoms with Gasteiger partial charge in [0.1, 0.15) is 19.8 Å². The summed E-state index contributed by atoms with van der Waals surface area (Å²) in [6.45, 7) is 5.88. The van der Waals surface area contributed by atoms with E-state index in [1.54, 1.807) is 0 Å². The van der Waals surface area contributed by atoms with Gasteiger partial charge >= 0.3 is 19.8 Å². The van der Waals surface area contributed by atoms with E-state index in [9.17, 15) is 19.0 Å². The van der Waals surface area contributed by atoms with Crippen LogP contribution in [0.5, 0.6) is 0 Å². The number of hydrogen-bond acceptors (Lipinski definition) is 7. The normalized spacial score (nSPS) is 13.8. The number of nitrogens with zero attached hydrogens (tertiary/aromatic N) is 1. The minimum absolute atomic E-state index is 0.0282. The first-order chi connectivity index (χ1) is 25.5. The molecule has 1 unspecified atom stereocenters. The number of carbonyl (C=O) groups excluding carboxylic acids is 2. The second kappa shape index (κ2) is 35.9. The highest BCUT2D eigenvalue weighted by molar-refractivity contribution is 7.47. The van der Waals surface area contributed by atoms with Gasteiger partial charge in [-0.2, -0.15) is 0 Å². The third-order valence-corrected chi connectivity index (χ3v) is 10.0. The highest BCUT2D eigenvalue weighted by atomic mass is 31.2. The van der Waals surface area contributed by atoms with Crippen molar-refractivity contribution >= 4 is 19.8 Å². The maximum atomic E-state index is 12.7. The van der Waals surface area contributed by atoms with Crippen LogP contribution in [-0.2, 0) is 32.7 Å². The van der Waals surface area contributed by atoms with Gasteiger partial charge < -0.3 is 18.9 Å². The lowest BCUT2D eigenvalue weighted by atomic mass is 10.0. The molecule has 0 aromatic carbocycles. The monoisotopic (exact) mass is 771 g/mol. The molecule has 10 heteroatoms. The number of phosphoric acid groups is 1. The maximum Gasteiger partial charge on any atom is 0.472 e. The van der Waals surface area contributed by atoms with Crippen molar-refractivity contribution in [2.75, 3.05) is 47.5 Å². The van der Waals surface area contributed by atoms with Crippen molar-refractivity contribution in [2.45, 2.75) is 180 Å². The Kier molecular flexibility index (Phi) is 34.7. The van der Waals surface area contributed by atoms with Crippen molar-refractivity contribution in [2.24, 2.45) is 0 Å². The third kappa shape index (κ3) is 39.7. The molecule has 1 N–H and O–H groups in total. The van der Waals surface area contributed by atoms with Gasteiger partial charge in [-0.1, -0.05) is 140 Å². The van der Waals surface area contributed by atoms with Crippen LogP contribution in [0.4, 0.5) is 0 Å². The van der Waals surface area contributed by atoms with Gasteiger partial charge in [-0.05, 0) is 51.4 Å². The number of unbranched alkanes of at least 4 members (excludes halogenated alkanes) is 20. The summed E-state index contributed by atoms with van der Waals surface area (Å²) in [5.74, 6) is -0.817. The predicted octanol–water partition coefficient (Wildman–Crippen LogP) is 11.7. The lowest BCUT2D eigenvalue weighted by molar-refractivity contribution is -0.870. The summed E-state index contributed by atoms with van der Waals surface area (Å²) in [6.07, 6.45) is 37.9. The van der Waals surface area contributed by atoms with Crippen molar-refractivity contribution in [1.29, 1.82) is 0 Å². The number of likely N-dealkylation sites (N-methyl/N-ethyl adjacent to an activating group) is 1. The SMILES string of the molecule is C=CCCCCCCCCCCCCCCCC(=O)OC[C@H](COP(=O)(O)OCC[N+](C)(C)C)OC(=O)CCCCCCC/C=C/C/C=C/CCCC. The van der Waals surface area contributed by atoms with E-state index in [1.807, 2.05) is 27.2 Å². The standard InChI is InChI=1S/C43H80NO8P/c1-6-8-10-12-14-16-18-20-22-24-25-27-29-31-33-35-42(45)49-39-41(40-51-53(47,48)50-38-37-44(3,4)5)52-43(46)36-34-32-30-28-26-23-21-19-17-15-13-11-9-7-2/h6,13,15,19,21,41H,1,7-12,14,16-18,20,22-40H2,2-5H3/p+1/b15-13+,21-19+/t41-/m1/s1. The largest absolute Gasteiger partial charge is 0.472 e. The number of allylic oxidation sites excluding steroid dienone is 5. The van der Waals surface area contributed by atoms with E-state index in [0.29, 0.717) is 17.4 Å². The summed E-state index contributed by atoms with van der Waals surface area (Å²) >= 11 is 0. The Morgan fingerprint density at radius 2 is 1.11 bits per heavy atom. The van der Waals surface area contributed by atoms with E-state index in [-0.39, 0.29) is 32.0 Å². The van der Waals surface area contributed by atoms with Gasteiger partial charge in [-0.15, -0.1) is 6.58 Å². The van der Waals surface area contributed by atoms with Gasteiger partial charge in [-0.25, -0.2) is 4.57 Å². The van der Waals surface area contributed by atoms with Crippen LogP contribution in [0.25, 0.3) is 0 Å². The zero-order valence-corrected chi connectivity index (χ0v) is 35.5. The summed E-state index contributed by atoms with van der Waals surface area (Å²) in [5.41, 5.74) is 0. The Morgan fingerprint density at radius 1 is 0.642 bits per heavy atom. The van der Waals surface area contributed by atoms with E-state index in [1.165, 1.54) is 77.0 Å². The lowest BCUT2D eigenvalue weighted by Crippen LogP contribution is -2.37. The Hall–Kier alpha value is -1.77. The molecule has 0 bridgehead atoms. The average molecular weight is 771 g/mol. The topological polar surface area (TPSA) is 108 Å². The van der Waals surface area contributed by atoms with Gasteiger partial charge in [0.25, 0.3) is 0 Å². The van der Waals surface area contributed by atoms with E-state index >= 15 is 0 Å². The van der Waals surface area contributed by atoms with Gasteiger partial charge in [-0.3, -0.25) is 18.6 Å². The molecule has 0 rings (SSSR count). The van der Waals surface area contributed by atoms with Gasteiger partial charge in [0.2, 0.25) is 0 Å². The quantitative estimate of drug-likeness (QED) is 0.0216. The van der Waals surface area contributed by atoms with Crippen LogP contribution in [0.15, 0.2) is 37.0 Å². The van der Waals surface area contributed by atoms with Crippen molar-refractivity contribution in [3.8, 4) is 0 Å². The molecule has 0 aliphatic heterocycles. The summed E-state index contributed by atoms with van der Waals surface area (Å²) in [7, 11) is 1.46. The average Bonchev–Trinajstić information content (AvgIpc) is 3.10. The fraction of sp³-hybridized carbons (Fsp3) is 0.814. The van der Waals surface area contributed by atoms with Crippen LogP contribution in [0, 0.1) is 0 Å². The molecule has 0 aliphatic carbocycles. The van der Waals surface area contributed by atoms with Crippen molar-refractivity contribution < 1.29 is 42.1 Å². The van der Waals surface area contributed by atoms with E-state index in [4.69, 9.17) is 18.5 Å². The number of ether oxygens (including phenoxy) is 2. The smallest absolute Gasteiger partial charge is 0.462 e. The van der Waals surface area contributed by atoms with Gasteiger partial charge in [0, 0.05) is 12.8 Å². The highest BCUT2D eigenvalue weighted by Gasteiger charge is 2.27. The molecule has 9 nitrogen and oxygen atoms in total. The second-order valence-corrected chi connectivity index (χ2v) is 16.9. The maximum absolute atomic E-state index is 12.7. The number of esters is 2. The molecule has 0 aliphatic rings. The minimum Gasteiger partial charge on any atom is -0.462 e. The number of phosphoric ester groups is 1. The van der Waals surface area contributed by atoms with E-state index in [0.717, 1.165) is 70.6 Å². The summed E-state index contributed by atoms with van der Waals surface area (Å²) in [4.78, 5) is 35.3. The molecule has 0 heterocycles. The van der Waals surface area contributed by atoms with Crippen LogP contribution in [-0.4, -0.2) is 74.9 Å². The fourth-order valence-corrected chi connectivity index (χ4v) is 6.40. The highest BCUT2D eigenvalue weighted by Crippen LogP contribution is 2.43. The van der Waals surface area contributed by atoms with Crippen LogP contribution in [0.3, 0.4) is 0 Å². The molecular formula is C43H81NO8P+. The van der Waals surface area contributed by atoms with E-state index in [2.05, 4.69) is 37.8 Å². The Bertz CT molecular complexity index is 993. The molecule has 53 heavy (non-hydrogen) atoms. The molecular weight excluding hydrogens is 689 g/mol. The molecule has 0 spiro atoms. The van der Waals surface area contributed by atoms with Crippen LogP contribution >= 0.6 is 7.82 Å². The lowest BCUT2D eigenvalue weighted by Gasteiger charge is -2.24. The van der Waals surface area contributed by atoms with Crippen molar-refractivity contribution in [1.82, 2.24) is 0 Å². The molecule has 0 saturated heterocycles. The Balaban J connectivity index is 4.38. The van der Waals surface area contributed by atoms with Crippen molar-refractivity contribution in [3.63, 3.8) is 0 Å². The van der Waals surface area contributed by atoms with Gasteiger partial charge in [0.05, 0.1) is 27.7 Å². The molecule has 2 atom stereocenters. The molecule has 310 valence electrons. The third-order valence-electron chi connectivity index (χ3n) is 9.04. The van der Waals surface area contributed by atoms with E-state index < -0.39 is 26.5 Å². The molecule has 0 aromatic rings. The molecule has 0 amide bonds. The molecule has 0 aromatic heterocycles. The van der Waals surface area contributed by atoms with Gasteiger partial charge in [0.15, 0.2) is 6.10 Å². The zero-order chi connectivity index (χ0) is 39.3. The fourth-order valence-electron chi connectivity index (χ4n) is 5.66. The Labute approximate surface area is 325 Å². The predicted molar refractivity (Wildman–Crippen MR) is 220 cm³/mol. The summed E-state index contributed by atoms with van der Waals surface area (Å²) in [5, 5.41) is 0. The molecule has 0 saturated carbocycles. The minimum atomic E-state index is -4.37. The second-order valence-electron chi connectivity index (χ2n) is 15.5. The summed E-state index contributed by atoms with van der Waals surface area (Å²) < 4.78 is 34.2. The van der Waals surface area contributed by atoms with Crippen LogP contribution in [0.1, 0.15) is 174 Å². The Morgan fingerprint density at radius 3 is 1.62 bits per heavy atom. The first kappa shape index (κ1) is 51.2. The van der Waals surface area contributed by atoms with Crippen molar-refractivity contribution in [3.05, 3.63) is 37.0 Å². The summed E-state index contributed by atoms with van der Waals surface area (Å²) in [6, 6.07) is 0. The number of hydrogen-bond donors (Lipinski definition) is 1. The van der Waals surface area contributed by atoms with Crippen LogP contribution < -0.4 is 0 Å². The first-order valence-corrected chi connectivity index (χ1v) is 22.7. The molecule has 0 fully saturated rings. The zero-order valence-electron chi connectivity index (χ0n) is 34.6. The molecule has 0 radical (unpaired) electrons. The number of quaternary nitrogens is 1. The van der Waals surface area contributed by atoms with Crippen LogP contribution in [0.2, 0.25) is 0 Å².